The maximum atomic E-state index is 13.1. The first-order valence-corrected chi connectivity index (χ1v) is 9.60. The van der Waals surface area contributed by atoms with E-state index in [-0.39, 0.29) is 24.4 Å². The normalized spacial score (nSPS) is 19.6. The largest absolute Gasteiger partial charge is 0.464 e. The molecule has 2 rings (SSSR count). The van der Waals surface area contributed by atoms with Gasteiger partial charge in [0.2, 0.25) is 0 Å². The second-order valence-electron chi connectivity index (χ2n) is 6.99. The van der Waals surface area contributed by atoms with E-state index in [4.69, 9.17) is 9.47 Å². The summed E-state index contributed by atoms with van der Waals surface area (Å²) in [5.41, 5.74) is -2.05. The number of carbonyl (C=O) groups excluding carboxylic acids is 1. The quantitative estimate of drug-likeness (QED) is 0.271. The van der Waals surface area contributed by atoms with Crippen LogP contribution in [-0.2, 0) is 20.4 Å². The van der Waals surface area contributed by atoms with E-state index >= 15 is 0 Å². The van der Waals surface area contributed by atoms with Crippen molar-refractivity contribution >= 4 is 17.3 Å². The summed E-state index contributed by atoms with van der Waals surface area (Å²) < 4.78 is 49.8. The molecule has 7 nitrogen and oxygen atoms in total. The van der Waals surface area contributed by atoms with Crippen LogP contribution in [0.15, 0.2) is 18.2 Å². The number of carbonyl (C=O) groups is 1. The van der Waals surface area contributed by atoms with Crippen LogP contribution in [-0.4, -0.2) is 36.3 Å². The molecule has 0 aromatic heterocycles. The Hall–Kier alpha value is -2.36. The number of ether oxygens (including phenoxy) is 2. The van der Waals surface area contributed by atoms with Gasteiger partial charge in [0.05, 0.1) is 17.6 Å². The zero-order chi connectivity index (χ0) is 21.4. The van der Waals surface area contributed by atoms with Crippen molar-refractivity contribution in [3.63, 3.8) is 0 Å². The third-order valence-corrected chi connectivity index (χ3v) is 4.74. The molecular formula is C19H25F3N2O5. The molecular weight excluding hydrogens is 393 g/mol. The maximum Gasteiger partial charge on any atom is 0.423 e. The van der Waals surface area contributed by atoms with Gasteiger partial charge in [0.1, 0.15) is 12.2 Å². The highest BCUT2D eigenvalue weighted by Gasteiger charge is 2.38. The van der Waals surface area contributed by atoms with Crippen LogP contribution in [0.4, 0.5) is 24.5 Å². The van der Waals surface area contributed by atoms with E-state index < -0.39 is 28.3 Å². The second kappa shape index (κ2) is 10.4. The van der Waals surface area contributed by atoms with E-state index in [1.165, 1.54) is 6.07 Å². The van der Waals surface area contributed by atoms with Crippen LogP contribution in [0.5, 0.6) is 0 Å². The second-order valence-corrected chi connectivity index (χ2v) is 6.99. The SMILES string of the molecule is CCCCOC(=O)COC1CCC(Nc2ccc([N+](=O)[O-])c(C(F)(F)F)c2)CC1. The van der Waals surface area contributed by atoms with Crippen molar-refractivity contribution in [3.05, 3.63) is 33.9 Å². The number of anilines is 1. The zero-order valence-corrected chi connectivity index (χ0v) is 16.2. The Morgan fingerprint density at radius 3 is 2.55 bits per heavy atom. The van der Waals surface area contributed by atoms with Crippen molar-refractivity contribution in [1.29, 1.82) is 0 Å². The summed E-state index contributed by atoms with van der Waals surface area (Å²) in [6, 6.07) is 2.84. The lowest BCUT2D eigenvalue weighted by Gasteiger charge is -2.29. The van der Waals surface area contributed by atoms with Crippen LogP contribution in [0.25, 0.3) is 0 Å². The van der Waals surface area contributed by atoms with E-state index in [2.05, 4.69) is 5.32 Å². The monoisotopic (exact) mass is 418 g/mol. The van der Waals surface area contributed by atoms with Crippen LogP contribution in [0.1, 0.15) is 51.0 Å². The molecule has 1 aliphatic carbocycles. The van der Waals surface area contributed by atoms with Gasteiger partial charge in [-0.1, -0.05) is 13.3 Å². The van der Waals surface area contributed by atoms with Gasteiger partial charge in [0, 0.05) is 17.8 Å². The number of nitrogens with one attached hydrogen (secondary N) is 1. The Morgan fingerprint density at radius 1 is 1.28 bits per heavy atom. The molecule has 0 radical (unpaired) electrons. The minimum Gasteiger partial charge on any atom is -0.464 e. The van der Waals surface area contributed by atoms with E-state index in [1.807, 2.05) is 6.92 Å². The Morgan fingerprint density at radius 2 is 1.97 bits per heavy atom. The molecule has 1 saturated carbocycles. The lowest BCUT2D eigenvalue weighted by molar-refractivity contribution is -0.388. The maximum absolute atomic E-state index is 13.1. The summed E-state index contributed by atoms with van der Waals surface area (Å²) in [7, 11) is 0. The molecule has 162 valence electrons. The Labute approximate surface area is 166 Å². The van der Waals surface area contributed by atoms with E-state index in [1.54, 1.807) is 0 Å². The van der Waals surface area contributed by atoms with Gasteiger partial charge in [0.15, 0.2) is 0 Å². The van der Waals surface area contributed by atoms with Gasteiger partial charge >= 0.3 is 12.1 Å². The molecule has 1 fully saturated rings. The molecule has 0 bridgehead atoms. The number of nitro groups is 1. The first-order chi connectivity index (χ1) is 13.7. The van der Waals surface area contributed by atoms with E-state index in [0.717, 1.165) is 25.0 Å². The van der Waals surface area contributed by atoms with Gasteiger partial charge in [-0.2, -0.15) is 13.2 Å². The minimum atomic E-state index is -4.81. The number of esters is 1. The van der Waals surface area contributed by atoms with Gasteiger partial charge in [-0.15, -0.1) is 0 Å². The highest BCUT2D eigenvalue weighted by Crippen LogP contribution is 2.38. The lowest BCUT2D eigenvalue weighted by atomic mass is 9.92. The minimum absolute atomic E-state index is 0.0751. The van der Waals surface area contributed by atoms with Crippen LogP contribution in [0, 0.1) is 10.1 Å². The summed E-state index contributed by atoms with van der Waals surface area (Å²) in [6.07, 6.45) is -0.572. The van der Waals surface area contributed by atoms with Gasteiger partial charge in [0.25, 0.3) is 5.69 Å². The number of hydrogen-bond acceptors (Lipinski definition) is 6. The summed E-state index contributed by atoms with van der Waals surface area (Å²) in [4.78, 5) is 21.3. The summed E-state index contributed by atoms with van der Waals surface area (Å²) in [6.45, 7) is 2.27. The average Bonchev–Trinajstić information content (AvgIpc) is 2.67. The molecule has 0 spiro atoms. The highest BCUT2D eigenvalue weighted by molar-refractivity contribution is 5.70. The van der Waals surface area contributed by atoms with Gasteiger partial charge in [-0.05, 0) is 44.2 Å². The number of benzene rings is 1. The molecule has 0 saturated heterocycles. The molecule has 0 aliphatic heterocycles. The molecule has 0 unspecified atom stereocenters. The first-order valence-electron chi connectivity index (χ1n) is 9.60. The Bertz CT molecular complexity index is 704. The van der Waals surface area contributed by atoms with Crippen molar-refractivity contribution in [2.24, 2.45) is 0 Å². The van der Waals surface area contributed by atoms with Crippen molar-refractivity contribution in [1.82, 2.24) is 0 Å². The molecule has 1 aromatic carbocycles. The fourth-order valence-corrected chi connectivity index (χ4v) is 3.18. The fraction of sp³-hybridized carbons (Fsp3) is 0.632. The number of unbranched alkanes of at least 4 members (excludes halogenated alkanes) is 1. The standard InChI is InChI=1S/C19H25F3N2O5/c1-2-3-10-28-18(25)12-29-15-7-4-13(5-8-15)23-14-6-9-17(24(26)27)16(11-14)19(20,21)22/h6,9,11,13,15,23H,2-5,7-8,10,12H2,1H3. The molecule has 1 N–H and O–H groups in total. The van der Waals surface area contributed by atoms with Crippen molar-refractivity contribution < 1.29 is 32.4 Å². The number of alkyl halides is 3. The van der Waals surface area contributed by atoms with Crippen LogP contribution < -0.4 is 5.32 Å². The molecule has 0 heterocycles. The van der Waals surface area contributed by atoms with Crippen LogP contribution >= 0.6 is 0 Å². The van der Waals surface area contributed by atoms with Crippen LogP contribution in [0.3, 0.4) is 0 Å². The van der Waals surface area contributed by atoms with Gasteiger partial charge < -0.3 is 14.8 Å². The van der Waals surface area contributed by atoms with Gasteiger partial charge in [-0.25, -0.2) is 4.79 Å². The lowest BCUT2D eigenvalue weighted by Crippen LogP contribution is -2.31. The fourth-order valence-electron chi connectivity index (χ4n) is 3.18. The third-order valence-electron chi connectivity index (χ3n) is 4.74. The molecule has 10 heteroatoms. The zero-order valence-electron chi connectivity index (χ0n) is 16.2. The topological polar surface area (TPSA) is 90.7 Å². The van der Waals surface area contributed by atoms with Crippen molar-refractivity contribution in [3.8, 4) is 0 Å². The number of nitro benzene ring substituents is 1. The predicted molar refractivity (Wildman–Crippen MR) is 99.6 cm³/mol. The predicted octanol–water partition coefficient (Wildman–Crippen LogP) is 4.70. The van der Waals surface area contributed by atoms with Gasteiger partial charge in [-0.3, -0.25) is 10.1 Å². The molecule has 1 aliphatic rings. The smallest absolute Gasteiger partial charge is 0.423 e. The summed E-state index contributed by atoms with van der Waals surface area (Å²) in [5.74, 6) is -0.399. The van der Waals surface area contributed by atoms with E-state index in [9.17, 15) is 28.1 Å². The third kappa shape index (κ3) is 7.19. The van der Waals surface area contributed by atoms with Crippen molar-refractivity contribution in [2.75, 3.05) is 18.5 Å². The summed E-state index contributed by atoms with van der Waals surface area (Å²) in [5, 5.41) is 13.8. The first kappa shape index (κ1) is 22.9. The number of halogens is 3. The number of nitrogens with zero attached hydrogens (tertiary/aromatic N) is 1. The molecule has 29 heavy (non-hydrogen) atoms. The summed E-state index contributed by atoms with van der Waals surface area (Å²) >= 11 is 0. The highest BCUT2D eigenvalue weighted by atomic mass is 19.4. The van der Waals surface area contributed by atoms with Crippen molar-refractivity contribution in [2.45, 2.75) is 63.8 Å². The Kier molecular flexibility index (Phi) is 8.24. The average molecular weight is 418 g/mol. The van der Waals surface area contributed by atoms with E-state index in [0.29, 0.717) is 32.3 Å². The number of rotatable bonds is 9. The Balaban J connectivity index is 1.83. The molecule has 0 amide bonds. The number of hydrogen-bond donors (Lipinski definition) is 1. The van der Waals surface area contributed by atoms with Crippen LogP contribution in [0.2, 0.25) is 0 Å². The molecule has 1 aromatic rings. The molecule has 0 atom stereocenters.